The zero-order chi connectivity index (χ0) is 40.8. The molecule has 1 saturated heterocycles. The minimum absolute atomic E-state index is 0.0203. The van der Waals surface area contributed by atoms with Crippen molar-refractivity contribution in [2.45, 2.75) is 70.1 Å². The maximum atomic E-state index is 13.0. The van der Waals surface area contributed by atoms with E-state index in [-0.39, 0.29) is 23.6 Å². The Morgan fingerprint density at radius 2 is 1.64 bits per heavy atom. The molecule has 13 heteroatoms. The number of rotatable bonds is 12. The summed E-state index contributed by atoms with van der Waals surface area (Å²) in [4.78, 5) is 27.2. The molecule has 2 N–H and O–H groups in total. The highest BCUT2D eigenvalue weighted by Gasteiger charge is 2.26. The maximum absolute atomic E-state index is 13.0. The monoisotopic (exact) mass is 802 g/mol. The number of benzene rings is 3. The van der Waals surface area contributed by atoms with Gasteiger partial charge in [0.25, 0.3) is 5.91 Å². The summed E-state index contributed by atoms with van der Waals surface area (Å²) in [5.74, 6) is 3.52. The lowest BCUT2D eigenvalue weighted by atomic mass is 9.93. The fraction of sp³-hybridized carbons (Fsp3) is 0.356. The number of aliphatic hydroxyl groups is 1. The van der Waals surface area contributed by atoms with E-state index in [0.29, 0.717) is 46.1 Å². The topological polar surface area (TPSA) is 152 Å². The summed E-state index contributed by atoms with van der Waals surface area (Å²) in [6.07, 6.45) is 6.80. The number of carbonyl (C=O) groups excluding carboxylic acids is 1. The number of nitriles is 1. The van der Waals surface area contributed by atoms with Crippen molar-refractivity contribution in [3.63, 3.8) is 0 Å². The van der Waals surface area contributed by atoms with Gasteiger partial charge < -0.3 is 34.1 Å². The van der Waals surface area contributed by atoms with Gasteiger partial charge in [0.05, 0.1) is 28.9 Å². The lowest BCUT2D eigenvalue weighted by Crippen LogP contribution is -2.40. The second-order valence-corrected chi connectivity index (χ2v) is 16.0. The van der Waals surface area contributed by atoms with Crippen LogP contribution in [-0.2, 0) is 12.6 Å². The molecule has 5 aromatic rings. The molecule has 0 bridgehead atoms. The third-order valence-corrected chi connectivity index (χ3v) is 11.1. The van der Waals surface area contributed by atoms with Gasteiger partial charge in [-0.1, -0.05) is 17.7 Å². The average molecular weight is 803 g/mol. The number of nitrogens with zero attached hydrogens (tertiary/aromatic N) is 5. The molecule has 3 heterocycles. The molecule has 0 radical (unpaired) electrons. The van der Waals surface area contributed by atoms with E-state index in [1.165, 1.54) is 10.6 Å². The van der Waals surface area contributed by atoms with Crippen LogP contribution in [0.1, 0.15) is 74.0 Å². The Kier molecular flexibility index (Phi) is 12.3. The highest BCUT2D eigenvalue weighted by molar-refractivity contribution is 6.31. The van der Waals surface area contributed by atoms with Crippen molar-refractivity contribution >= 4 is 23.3 Å². The van der Waals surface area contributed by atoms with Crippen LogP contribution < -0.4 is 30.0 Å². The molecule has 2 aliphatic rings. The van der Waals surface area contributed by atoms with Gasteiger partial charge in [0.1, 0.15) is 29.1 Å². The number of ether oxygens (including phenoxy) is 3. The molecule has 0 unspecified atom stereocenters. The second-order valence-electron chi connectivity index (χ2n) is 15.5. The molecule has 1 aliphatic heterocycles. The molecule has 2 fully saturated rings. The number of hydrogen-bond acceptors (Lipinski definition) is 10. The van der Waals surface area contributed by atoms with E-state index in [4.69, 9.17) is 31.1 Å². The number of pyridine rings is 1. The fourth-order valence-electron chi connectivity index (χ4n) is 7.30. The number of piperidine rings is 1. The minimum atomic E-state index is -1.05. The normalized spacial score (nSPS) is 17.3. The van der Waals surface area contributed by atoms with Crippen LogP contribution in [0.5, 0.6) is 23.0 Å². The Morgan fingerprint density at radius 1 is 0.914 bits per heavy atom. The molecule has 1 saturated carbocycles. The fourth-order valence-corrected chi connectivity index (χ4v) is 7.52. The first-order chi connectivity index (χ1) is 27.9. The molecule has 58 heavy (non-hydrogen) atoms. The highest BCUT2D eigenvalue weighted by atomic mass is 35.5. The van der Waals surface area contributed by atoms with Gasteiger partial charge in [0.2, 0.25) is 5.56 Å². The van der Waals surface area contributed by atoms with E-state index in [2.05, 4.69) is 26.5 Å². The largest absolute Gasteiger partial charge is 0.493 e. The molecule has 1 aliphatic carbocycles. The van der Waals surface area contributed by atoms with Crippen LogP contribution in [0, 0.1) is 17.2 Å². The third kappa shape index (κ3) is 9.96. The van der Waals surface area contributed by atoms with Crippen molar-refractivity contribution in [3.05, 3.63) is 123 Å². The van der Waals surface area contributed by atoms with Gasteiger partial charge in [-0.2, -0.15) is 5.26 Å². The van der Waals surface area contributed by atoms with Gasteiger partial charge in [0, 0.05) is 55.6 Å². The van der Waals surface area contributed by atoms with Crippen molar-refractivity contribution in [2.24, 2.45) is 13.0 Å². The maximum Gasteiger partial charge on any atom is 0.272 e. The van der Waals surface area contributed by atoms with Crippen LogP contribution in [0.2, 0.25) is 5.02 Å². The number of hydrogen-bond donors (Lipinski definition) is 2. The van der Waals surface area contributed by atoms with Crippen molar-refractivity contribution in [3.8, 4) is 40.2 Å². The summed E-state index contributed by atoms with van der Waals surface area (Å²) < 4.78 is 20.1. The Hall–Kier alpha value is -5.90. The molecule has 0 atom stereocenters. The quantitative estimate of drug-likeness (QED) is 0.128. The molecular formula is C45H47ClN6O6. The SMILES string of the molecule is Cn1cc(-c2cc(C(C)(C)O)ccc2Oc2ccc(OCC3CCN(c4ccc(C(=O)NC5CCC(Oc6ccc(C#N)c(Cl)c6)CC5)nn4)CC3)cc2)ccc1=O. The first kappa shape index (κ1) is 40.3. The van der Waals surface area contributed by atoms with Crippen molar-refractivity contribution in [1.82, 2.24) is 20.1 Å². The molecule has 1 amide bonds. The summed E-state index contributed by atoms with van der Waals surface area (Å²) in [5.41, 5.74) is 1.85. The lowest BCUT2D eigenvalue weighted by Gasteiger charge is -2.32. The zero-order valence-corrected chi connectivity index (χ0v) is 33.6. The molecule has 2 aromatic heterocycles. The van der Waals surface area contributed by atoms with Crippen LogP contribution in [-0.4, -0.2) is 57.6 Å². The summed E-state index contributed by atoms with van der Waals surface area (Å²) in [5, 5.41) is 31.9. The summed E-state index contributed by atoms with van der Waals surface area (Å²) in [6.45, 7) is 5.68. The van der Waals surface area contributed by atoms with Crippen molar-refractivity contribution in [1.29, 1.82) is 5.26 Å². The smallest absolute Gasteiger partial charge is 0.272 e. The number of halogens is 1. The summed E-state index contributed by atoms with van der Waals surface area (Å²) >= 11 is 6.15. The van der Waals surface area contributed by atoms with E-state index < -0.39 is 5.60 Å². The number of aryl methyl sites for hydroxylation is 1. The van der Waals surface area contributed by atoms with Gasteiger partial charge in [-0.15, -0.1) is 10.2 Å². The molecule has 12 nitrogen and oxygen atoms in total. The van der Waals surface area contributed by atoms with Crippen molar-refractivity contribution in [2.75, 3.05) is 24.6 Å². The first-order valence-corrected chi connectivity index (χ1v) is 20.0. The summed E-state index contributed by atoms with van der Waals surface area (Å²) in [7, 11) is 1.70. The predicted molar refractivity (Wildman–Crippen MR) is 222 cm³/mol. The van der Waals surface area contributed by atoms with Crippen molar-refractivity contribution < 1.29 is 24.1 Å². The minimum Gasteiger partial charge on any atom is -0.493 e. The Bertz CT molecular complexity index is 2320. The Labute approximate surface area is 343 Å². The van der Waals surface area contributed by atoms with E-state index in [9.17, 15) is 14.7 Å². The Morgan fingerprint density at radius 3 is 2.29 bits per heavy atom. The lowest BCUT2D eigenvalue weighted by molar-refractivity contribution is 0.0786. The van der Waals surface area contributed by atoms with Gasteiger partial charge in [-0.05, 0) is 131 Å². The molecule has 3 aromatic carbocycles. The van der Waals surface area contributed by atoms with Gasteiger partial charge >= 0.3 is 0 Å². The van der Waals surface area contributed by atoms with Crippen LogP contribution in [0.15, 0.2) is 95.9 Å². The molecule has 0 spiro atoms. The van der Waals surface area contributed by atoms with E-state index in [1.807, 2.05) is 48.5 Å². The number of amides is 1. The average Bonchev–Trinajstić information content (AvgIpc) is 3.22. The van der Waals surface area contributed by atoms with Crippen LogP contribution in [0.4, 0.5) is 5.82 Å². The van der Waals surface area contributed by atoms with Crippen LogP contribution in [0.3, 0.4) is 0 Å². The van der Waals surface area contributed by atoms with E-state index in [0.717, 1.165) is 79.9 Å². The van der Waals surface area contributed by atoms with Gasteiger partial charge in [-0.25, -0.2) is 0 Å². The standard InChI is InChI=1S/C45H47ClN6O6/c1-45(2,55)32-6-17-41(38(24-32)31-5-19-43(53)51(3)27-31)58-36-14-12-34(13-15-36)56-28-29-20-22-52(23-21-29)42-18-16-40(49-50-42)44(54)48-33-7-10-35(11-8-33)57-37-9-4-30(26-47)39(46)25-37/h4-6,9,12-19,24-25,27,29,33,35,55H,7-8,10-11,20-23,28H2,1-3H3,(H,48,54). The molecule has 300 valence electrons. The predicted octanol–water partition coefficient (Wildman–Crippen LogP) is 7.80. The zero-order valence-electron chi connectivity index (χ0n) is 32.9. The van der Waals surface area contributed by atoms with Crippen LogP contribution in [0.25, 0.3) is 11.1 Å². The Balaban J connectivity index is 0.851. The number of carbonyl (C=O) groups is 1. The molecule has 7 rings (SSSR count). The highest BCUT2D eigenvalue weighted by Crippen LogP contribution is 2.37. The third-order valence-electron chi connectivity index (χ3n) is 10.8. The summed E-state index contributed by atoms with van der Waals surface area (Å²) in [6, 6.07) is 27.1. The second kappa shape index (κ2) is 17.7. The first-order valence-electron chi connectivity index (χ1n) is 19.6. The number of aromatic nitrogens is 3. The van der Waals surface area contributed by atoms with Gasteiger partial charge in [-0.3, -0.25) is 9.59 Å². The number of nitrogens with one attached hydrogen (secondary N) is 1. The van der Waals surface area contributed by atoms with E-state index >= 15 is 0 Å². The number of anilines is 1. The molecular weight excluding hydrogens is 756 g/mol. The van der Waals surface area contributed by atoms with Gasteiger partial charge in [0.15, 0.2) is 11.5 Å². The van der Waals surface area contributed by atoms with E-state index in [1.54, 1.807) is 57.4 Å². The van der Waals surface area contributed by atoms with Crippen LogP contribution >= 0.6 is 11.6 Å².